The Morgan fingerprint density at radius 2 is 2.22 bits per heavy atom. The third kappa shape index (κ3) is 2.50. The fourth-order valence-corrected chi connectivity index (χ4v) is 2.03. The number of carbonyl (C=O) groups excluding carboxylic acids is 2. The SMILES string of the molecule is CCCN1C(=O)CC(Nc2cccc(F)c2)C1=O. The van der Waals surface area contributed by atoms with E-state index in [1.54, 1.807) is 12.1 Å². The summed E-state index contributed by atoms with van der Waals surface area (Å²) < 4.78 is 13.0. The minimum Gasteiger partial charge on any atom is -0.373 e. The van der Waals surface area contributed by atoms with Gasteiger partial charge in [-0.1, -0.05) is 13.0 Å². The van der Waals surface area contributed by atoms with Gasteiger partial charge in [0.05, 0.1) is 6.42 Å². The quantitative estimate of drug-likeness (QED) is 0.829. The largest absolute Gasteiger partial charge is 0.373 e. The molecule has 0 aromatic heterocycles. The van der Waals surface area contributed by atoms with Crippen LogP contribution in [0.4, 0.5) is 10.1 Å². The molecular weight excluding hydrogens is 235 g/mol. The van der Waals surface area contributed by atoms with Crippen LogP contribution in [0.5, 0.6) is 0 Å². The molecule has 1 atom stereocenters. The van der Waals surface area contributed by atoms with Crippen molar-refractivity contribution >= 4 is 17.5 Å². The van der Waals surface area contributed by atoms with Gasteiger partial charge in [0, 0.05) is 12.2 Å². The molecule has 4 nitrogen and oxygen atoms in total. The molecule has 1 fully saturated rings. The second-order valence-corrected chi connectivity index (χ2v) is 4.30. The van der Waals surface area contributed by atoms with Crippen LogP contribution in [0.15, 0.2) is 24.3 Å². The van der Waals surface area contributed by atoms with Crippen LogP contribution in [0.25, 0.3) is 0 Å². The third-order valence-corrected chi connectivity index (χ3v) is 2.86. The van der Waals surface area contributed by atoms with Crippen molar-refractivity contribution in [3.05, 3.63) is 30.1 Å². The Morgan fingerprint density at radius 3 is 2.89 bits per heavy atom. The summed E-state index contributed by atoms with van der Waals surface area (Å²) in [6.45, 7) is 2.35. The zero-order valence-corrected chi connectivity index (χ0v) is 10.1. The fourth-order valence-electron chi connectivity index (χ4n) is 2.03. The summed E-state index contributed by atoms with van der Waals surface area (Å²) in [7, 11) is 0. The lowest BCUT2D eigenvalue weighted by molar-refractivity contribution is -0.138. The maximum Gasteiger partial charge on any atom is 0.252 e. The molecule has 2 amide bonds. The van der Waals surface area contributed by atoms with Crippen molar-refractivity contribution in [3.8, 4) is 0 Å². The highest BCUT2D eigenvalue weighted by atomic mass is 19.1. The third-order valence-electron chi connectivity index (χ3n) is 2.86. The van der Waals surface area contributed by atoms with E-state index in [4.69, 9.17) is 0 Å². The predicted molar refractivity (Wildman–Crippen MR) is 65.4 cm³/mol. The number of carbonyl (C=O) groups is 2. The van der Waals surface area contributed by atoms with Crippen molar-refractivity contribution in [2.45, 2.75) is 25.8 Å². The Morgan fingerprint density at radius 1 is 1.44 bits per heavy atom. The lowest BCUT2D eigenvalue weighted by atomic mass is 10.2. The van der Waals surface area contributed by atoms with E-state index < -0.39 is 6.04 Å². The minimum atomic E-state index is -0.578. The first-order chi connectivity index (χ1) is 8.61. The second-order valence-electron chi connectivity index (χ2n) is 4.30. The first-order valence-corrected chi connectivity index (χ1v) is 5.98. The van der Waals surface area contributed by atoms with Gasteiger partial charge in [0.1, 0.15) is 11.9 Å². The van der Waals surface area contributed by atoms with Crippen LogP contribution < -0.4 is 5.32 Å². The molecule has 1 aliphatic rings. The molecule has 1 aliphatic heterocycles. The summed E-state index contributed by atoms with van der Waals surface area (Å²) in [6.07, 6.45) is 0.875. The number of imide groups is 1. The zero-order valence-electron chi connectivity index (χ0n) is 10.1. The van der Waals surface area contributed by atoms with Crippen LogP contribution in [-0.4, -0.2) is 29.3 Å². The van der Waals surface area contributed by atoms with Crippen molar-refractivity contribution in [3.63, 3.8) is 0 Å². The Hall–Kier alpha value is -1.91. The number of nitrogens with zero attached hydrogens (tertiary/aromatic N) is 1. The Labute approximate surface area is 105 Å². The number of likely N-dealkylation sites (tertiary alicyclic amines) is 1. The number of halogens is 1. The lowest BCUT2D eigenvalue weighted by Gasteiger charge is -2.15. The smallest absolute Gasteiger partial charge is 0.252 e. The second kappa shape index (κ2) is 5.16. The highest BCUT2D eigenvalue weighted by molar-refractivity contribution is 6.06. The molecule has 0 radical (unpaired) electrons. The van der Waals surface area contributed by atoms with Crippen molar-refractivity contribution in [2.24, 2.45) is 0 Å². The van der Waals surface area contributed by atoms with E-state index in [0.717, 1.165) is 6.42 Å². The van der Waals surface area contributed by atoms with Gasteiger partial charge in [-0.05, 0) is 24.6 Å². The maximum atomic E-state index is 13.0. The fraction of sp³-hybridized carbons (Fsp3) is 0.385. The first-order valence-electron chi connectivity index (χ1n) is 5.98. The highest BCUT2D eigenvalue weighted by Crippen LogP contribution is 2.19. The first kappa shape index (κ1) is 12.5. The van der Waals surface area contributed by atoms with Crippen LogP contribution in [-0.2, 0) is 9.59 Å². The summed E-state index contributed by atoms with van der Waals surface area (Å²) in [5.74, 6) is -0.774. The molecule has 0 spiro atoms. The van der Waals surface area contributed by atoms with Gasteiger partial charge in [0.25, 0.3) is 5.91 Å². The van der Waals surface area contributed by atoms with Gasteiger partial charge < -0.3 is 5.32 Å². The van der Waals surface area contributed by atoms with E-state index in [1.165, 1.54) is 17.0 Å². The average molecular weight is 250 g/mol. The van der Waals surface area contributed by atoms with E-state index in [1.807, 2.05) is 6.92 Å². The van der Waals surface area contributed by atoms with E-state index in [2.05, 4.69) is 5.32 Å². The normalized spacial score (nSPS) is 19.4. The molecule has 1 aromatic carbocycles. The number of rotatable bonds is 4. The molecule has 0 bridgehead atoms. The summed E-state index contributed by atoms with van der Waals surface area (Å²) in [6, 6.07) is 5.29. The molecule has 0 saturated carbocycles. The van der Waals surface area contributed by atoms with E-state index in [0.29, 0.717) is 12.2 Å². The Bertz CT molecular complexity index is 476. The Balaban J connectivity index is 2.07. The summed E-state index contributed by atoms with van der Waals surface area (Å²) in [5.41, 5.74) is 0.513. The van der Waals surface area contributed by atoms with E-state index in [9.17, 15) is 14.0 Å². The molecule has 1 N–H and O–H groups in total. The van der Waals surface area contributed by atoms with Gasteiger partial charge in [-0.15, -0.1) is 0 Å². The summed E-state index contributed by atoms with van der Waals surface area (Å²) >= 11 is 0. The van der Waals surface area contributed by atoms with Gasteiger partial charge in [0.2, 0.25) is 5.91 Å². The van der Waals surface area contributed by atoms with Gasteiger partial charge in [-0.3, -0.25) is 14.5 Å². The monoisotopic (exact) mass is 250 g/mol. The topological polar surface area (TPSA) is 49.4 Å². The number of anilines is 1. The molecule has 1 unspecified atom stereocenters. The average Bonchev–Trinajstić information content (AvgIpc) is 2.57. The molecule has 1 aromatic rings. The molecule has 18 heavy (non-hydrogen) atoms. The van der Waals surface area contributed by atoms with Crippen molar-refractivity contribution < 1.29 is 14.0 Å². The van der Waals surface area contributed by atoms with Gasteiger partial charge in [0.15, 0.2) is 0 Å². The van der Waals surface area contributed by atoms with E-state index in [-0.39, 0.29) is 24.1 Å². The number of nitrogens with one attached hydrogen (secondary N) is 1. The maximum absolute atomic E-state index is 13.0. The standard InChI is InChI=1S/C13H15FN2O2/c1-2-6-16-12(17)8-11(13(16)18)15-10-5-3-4-9(14)7-10/h3-5,7,11,15H,2,6,8H2,1H3. The van der Waals surface area contributed by atoms with E-state index >= 15 is 0 Å². The van der Waals surface area contributed by atoms with Crippen molar-refractivity contribution in [1.82, 2.24) is 4.90 Å². The van der Waals surface area contributed by atoms with Crippen LogP contribution in [0, 0.1) is 5.82 Å². The molecule has 1 heterocycles. The van der Waals surface area contributed by atoms with Crippen molar-refractivity contribution in [1.29, 1.82) is 0 Å². The molecule has 1 saturated heterocycles. The van der Waals surface area contributed by atoms with Gasteiger partial charge in [-0.25, -0.2) is 4.39 Å². The van der Waals surface area contributed by atoms with Gasteiger partial charge in [-0.2, -0.15) is 0 Å². The molecule has 0 aliphatic carbocycles. The molecule has 2 rings (SSSR count). The lowest BCUT2D eigenvalue weighted by Crippen LogP contribution is -2.35. The van der Waals surface area contributed by atoms with Crippen LogP contribution in [0.3, 0.4) is 0 Å². The van der Waals surface area contributed by atoms with Crippen LogP contribution >= 0.6 is 0 Å². The molecule has 5 heteroatoms. The summed E-state index contributed by atoms with van der Waals surface area (Å²) in [5, 5.41) is 2.90. The molecular formula is C13H15FN2O2. The number of hydrogen-bond acceptors (Lipinski definition) is 3. The highest BCUT2D eigenvalue weighted by Gasteiger charge is 2.37. The number of hydrogen-bond donors (Lipinski definition) is 1. The number of amides is 2. The van der Waals surface area contributed by atoms with Crippen LogP contribution in [0.2, 0.25) is 0 Å². The predicted octanol–water partition coefficient (Wildman–Crippen LogP) is 1.78. The Kier molecular flexibility index (Phi) is 3.60. The number of benzene rings is 1. The minimum absolute atomic E-state index is 0.134. The van der Waals surface area contributed by atoms with Crippen molar-refractivity contribution in [2.75, 3.05) is 11.9 Å². The van der Waals surface area contributed by atoms with Crippen LogP contribution in [0.1, 0.15) is 19.8 Å². The molecule has 96 valence electrons. The van der Waals surface area contributed by atoms with Gasteiger partial charge >= 0.3 is 0 Å². The zero-order chi connectivity index (χ0) is 13.1. The summed E-state index contributed by atoms with van der Waals surface area (Å²) in [4.78, 5) is 24.8.